The number of nitrogens with zero attached hydrogens (tertiary/aromatic N) is 3. The molecule has 0 unspecified atom stereocenters. The molecule has 1 fully saturated rings. The van der Waals surface area contributed by atoms with Gasteiger partial charge in [-0.2, -0.15) is 0 Å². The van der Waals surface area contributed by atoms with E-state index in [1.807, 2.05) is 42.5 Å². The van der Waals surface area contributed by atoms with Crippen LogP contribution in [0.4, 0.5) is 16.3 Å². The first kappa shape index (κ1) is 21.9. The number of hydrogen-bond acceptors (Lipinski definition) is 5. The van der Waals surface area contributed by atoms with Crippen LogP contribution >= 0.6 is 0 Å². The molecule has 0 bridgehead atoms. The number of piperazine rings is 1. The molecule has 0 aliphatic carbocycles. The summed E-state index contributed by atoms with van der Waals surface area (Å²) in [7, 11) is 1.63. The number of ether oxygens (including phenoxy) is 1. The Morgan fingerprint density at radius 2 is 1.81 bits per heavy atom. The Labute approximate surface area is 189 Å². The van der Waals surface area contributed by atoms with E-state index >= 15 is 0 Å². The van der Waals surface area contributed by atoms with Crippen LogP contribution in [0.15, 0.2) is 48.5 Å². The van der Waals surface area contributed by atoms with Gasteiger partial charge >= 0.3 is 6.03 Å². The number of likely N-dealkylation sites (N-methyl/N-ethyl adjacent to an activating group) is 1. The zero-order chi connectivity index (χ0) is 22.5. The molecule has 1 aliphatic heterocycles. The summed E-state index contributed by atoms with van der Waals surface area (Å²) < 4.78 is 5.16. The van der Waals surface area contributed by atoms with E-state index in [1.54, 1.807) is 7.11 Å². The Kier molecular flexibility index (Phi) is 6.75. The lowest BCUT2D eigenvalue weighted by Gasteiger charge is -2.35. The zero-order valence-electron chi connectivity index (χ0n) is 19.0. The Morgan fingerprint density at radius 3 is 2.50 bits per heavy atom. The molecule has 1 saturated heterocycles. The van der Waals surface area contributed by atoms with E-state index in [0.29, 0.717) is 6.54 Å². The van der Waals surface area contributed by atoms with Crippen LogP contribution in [0.1, 0.15) is 18.1 Å². The van der Waals surface area contributed by atoms with E-state index in [-0.39, 0.29) is 6.03 Å². The number of hydrogen-bond donors (Lipinski definition) is 2. The summed E-state index contributed by atoms with van der Waals surface area (Å²) in [6, 6.07) is 15.4. The Bertz CT molecular complexity index is 1080. The lowest BCUT2D eigenvalue weighted by Crippen LogP contribution is -2.46. The highest BCUT2D eigenvalue weighted by molar-refractivity contribution is 5.94. The van der Waals surface area contributed by atoms with Crippen LogP contribution in [0.25, 0.3) is 10.9 Å². The predicted molar refractivity (Wildman–Crippen MR) is 130 cm³/mol. The second kappa shape index (κ2) is 9.87. The molecule has 7 nitrogen and oxygen atoms in total. The molecule has 4 rings (SSSR count). The fourth-order valence-electron chi connectivity index (χ4n) is 4.01. The average Bonchev–Trinajstić information content (AvgIpc) is 2.83. The van der Waals surface area contributed by atoms with Crippen LogP contribution in [0.5, 0.6) is 5.75 Å². The predicted octanol–water partition coefficient (Wildman–Crippen LogP) is 4.02. The second-order valence-electron chi connectivity index (χ2n) is 8.11. The summed E-state index contributed by atoms with van der Waals surface area (Å²) in [5.74, 6) is 1.83. The van der Waals surface area contributed by atoms with Gasteiger partial charge in [0.15, 0.2) is 0 Å². The molecule has 168 valence electrons. The number of carbonyl (C=O) groups excluding carboxylic acids is 1. The van der Waals surface area contributed by atoms with Crippen LogP contribution in [-0.4, -0.2) is 55.7 Å². The lowest BCUT2D eigenvalue weighted by atomic mass is 10.1. The normalized spacial score (nSPS) is 14.4. The summed E-state index contributed by atoms with van der Waals surface area (Å²) >= 11 is 0. The van der Waals surface area contributed by atoms with Crippen molar-refractivity contribution in [3.8, 4) is 5.75 Å². The first-order valence-electron chi connectivity index (χ1n) is 11.1. The van der Waals surface area contributed by atoms with E-state index in [0.717, 1.165) is 72.0 Å². The monoisotopic (exact) mass is 433 g/mol. The van der Waals surface area contributed by atoms with Gasteiger partial charge in [0.05, 0.1) is 12.6 Å². The molecule has 0 radical (unpaired) electrons. The Morgan fingerprint density at radius 1 is 1.06 bits per heavy atom. The summed E-state index contributed by atoms with van der Waals surface area (Å²) in [5, 5.41) is 6.87. The molecule has 0 saturated carbocycles. The molecule has 2 N–H and O–H groups in total. The van der Waals surface area contributed by atoms with Crippen molar-refractivity contribution in [1.82, 2.24) is 15.2 Å². The fourth-order valence-corrected chi connectivity index (χ4v) is 4.01. The first-order chi connectivity index (χ1) is 15.6. The number of benzene rings is 2. The Balaban J connectivity index is 1.40. The van der Waals surface area contributed by atoms with Gasteiger partial charge in [0.2, 0.25) is 0 Å². The van der Waals surface area contributed by atoms with Gasteiger partial charge in [0.1, 0.15) is 11.6 Å². The van der Waals surface area contributed by atoms with E-state index in [2.05, 4.69) is 40.3 Å². The number of amides is 2. The number of anilines is 2. The molecule has 2 heterocycles. The van der Waals surface area contributed by atoms with Crippen LogP contribution in [0, 0.1) is 6.92 Å². The number of aryl methyl sites for hydroxylation is 1. The van der Waals surface area contributed by atoms with Gasteiger partial charge in [-0.3, -0.25) is 0 Å². The van der Waals surface area contributed by atoms with E-state index in [9.17, 15) is 4.79 Å². The van der Waals surface area contributed by atoms with Crippen LogP contribution in [-0.2, 0) is 6.54 Å². The van der Waals surface area contributed by atoms with Gasteiger partial charge in [-0.25, -0.2) is 9.78 Å². The van der Waals surface area contributed by atoms with Crippen LogP contribution in [0.3, 0.4) is 0 Å². The molecule has 7 heteroatoms. The number of nitrogens with one attached hydrogen (secondary N) is 2. The summed E-state index contributed by atoms with van der Waals surface area (Å²) in [4.78, 5) is 22.1. The maximum atomic E-state index is 12.4. The van der Waals surface area contributed by atoms with Gasteiger partial charge in [-0.05, 0) is 61.0 Å². The zero-order valence-corrected chi connectivity index (χ0v) is 19.0. The van der Waals surface area contributed by atoms with Crippen molar-refractivity contribution in [3.63, 3.8) is 0 Å². The number of fused-ring (bicyclic) bond motifs is 1. The van der Waals surface area contributed by atoms with Crippen molar-refractivity contribution in [2.45, 2.75) is 20.4 Å². The second-order valence-corrected chi connectivity index (χ2v) is 8.11. The average molecular weight is 434 g/mol. The highest BCUT2D eigenvalue weighted by Crippen LogP contribution is 2.26. The van der Waals surface area contributed by atoms with Gasteiger partial charge in [0.25, 0.3) is 0 Å². The maximum Gasteiger partial charge on any atom is 0.319 e. The number of pyridine rings is 1. The highest BCUT2D eigenvalue weighted by atomic mass is 16.5. The molecule has 3 aromatic rings. The van der Waals surface area contributed by atoms with E-state index < -0.39 is 0 Å². The highest BCUT2D eigenvalue weighted by Gasteiger charge is 2.18. The minimum absolute atomic E-state index is 0.240. The maximum absolute atomic E-state index is 12.4. The fraction of sp³-hybridized carbons (Fsp3) is 0.360. The number of methoxy groups -OCH3 is 1. The topological polar surface area (TPSA) is 69.7 Å². The molecule has 1 aromatic heterocycles. The van der Waals surface area contributed by atoms with Crippen molar-refractivity contribution in [2.75, 3.05) is 50.1 Å². The molecule has 2 aromatic carbocycles. The summed E-state index contributed by atoms with van der Waals surface area (Å²) in [6.07, 6.45) is 0. The third kappa shape index (κ3) is 5.11. The smallest absolute Gasteiger partial charge is 0.319 e. The summed E-state index contributed by atoms with van der Waals surface area (Å²) in [5.41, 5.74) is 3.86. The molecular formula is C25H31N5O2. The third-order valence-corrected chi connectivity index (χ3v) is 6.02. The SMILES string of the molecule is CCN1CCN(c2cc(C)c3cc(NC(=O)NCc4ccc(OC)cc4)ccc3n2)CC1. The van der Waals surface area contributed by atoms with Crippen LogP contribution in [0.2, 0.25) is 0 Å². The van der Waals surface area contributed by atoms with Crippen molar-refractivity contribution in [3.05, 3.63) is 59.7 Å². The van der Waals surface area contributed by atoms with E-state index in [1.165, 1.54) is 0 Å². The lowest BCUT2D eigenvalue weighted by molar-refractivity contribution is 0.251. The van der Waals surface area contributed by atoms with E-state index in [4.69, 9.17) is 9.72 Å². The first-order valence-corrected chi connectivity index (χ1v) is 11.1. The Hall–Kier alpha value is -3.32. The number of carbonyl (C=O) groups is 1. The quantitative estimate of drug-likeness (QED) is 0.615. The van der Waals surface area contributed by atoms with Gasteiger partial charge in [0, 0.05) is 43.8 Å². The third-order valence-electron chi connectivity index (χ3n) is 6.02. The van der Waals surface area contributed by atoms with Gasteiger partial charge in [-0.15, -0.1) is 0 Å². The number of aromatic nitrogens is 1. The molecule has 0 spiro atoms. The van der Waals surface area contributed by atoms with Crippen molar-refractivity contribution < 1.29 is 9.53 Å². The number of rotatable bonds is 6. The molecular weight excluding hydrogens is 402 g/mol. The van der Waals surface area contributed by atoms with Crippen LogP contribution < -0.4 is 20.3 Å². The number of urea groups is 1. The summed E-state index contributed by atoms with van der Waals surface area (Å²) in [6.45, 7) is 10.00. The molecule has 1 aliphatic rings. The minimum atomic E-state index is -0.240. The van der Waals surface area contributed by atoms with Crippen molar-refractivity contribution >= 4 is 28.4 Å². The largest absolute Gasteiger partial charge is 0.497 e. The van der Waals surface area contributed by atoms with Crippen molar-refractivity contribution in [2.24, 2.45) is 0 Å². The van der Waals surface area contributed by atoms with Gasteiger partial charge in [-0.1, -0.05) is 19.1 Å². The molecule has 2 amide bonds. The standard InChI is InChI=1S/C25H31N5O2/c1-4-29-11-13-30(14-12-29)24-15-18(2)22-16-20(7-10-23(22)28-24)27-25(31)26-17-19-5-8-21(32-3)9-6-19/h5-10,15-16H,4,11-14,17H2,1-3H3,(H2,26,27,31). The molecule has 0 atom stereocenters. The molecule has 32 heavy (non-hydrogen) atoms. The van der Waals surface area contributed by atoms with Crippen molar-refractivity contribution in [1.29, 1.82) is 0 Å². The minimum Gasteiger partial charge on any atom is -0.497 e. The van der Waals surface area contributed by atoms with Gasteiger partial charge < -0.3 is 25.2 Å².